The monoisotopic (exact) mass is 672 g/mol. The highest BCUT2D eigenvalue weighted by Crippen LogP contribution is 2.28. The second-order valence-corrected chi connectivity index (χ2v) is 11.8. The van der Waals surface area contributed by atoms with Gasteiger partial charge >= 0.3 is 0 Å². The van der Waals surface area contributed by atoms with E-state index in [4.69, 9.17) is 63.9 Å². The summed E-state index contributed by atoms with van der Waals surface area (Å²) in [5.41, 5.74) is 3.76. The van der Waals surface area contributed by atoms with Gasteiger partial charge in [-0.15, -0.1) is 0 Å². The fourth-order valence-corrected chi connectivity index (χ4v) is 5.47. The number of thiocarbonyl (C=S) groups is 1. The topological polar surface area (TPSA) is 86.0 Å². The molecule has 4 rings (SSSR count). The Balaban J connectivity index is 1.46. The van der Waals surface area contributed by atoms with Crippen molar-refractivity contribution in [3.63, 3.8) is 0 Å². The molecule has 0 bridgehead atoms. The van der Waals surface area contributed by atoms with Crippen molar-refractivity contribution in [2.45, 2.75) is 38.9 Å². The van der Waals surface area contributed by atoms with Gasteiger partial charge in [-0.25, -0.2) is 4.98 Å². The summed E-state index contributed by atoms with van der Waals surface area (Å²) < 4.78 is 1.92. The summed E-state index contributed by atoms with van der Waals surface area (Å²) in [6.45, 7) is 3.27. The lowest BCUT2D eigenvalue weighted by Crippen LogP contribution is -2.47. The largest absolute Gasteiger partial charge is 0.351 e. The highest BCUT2D eigenvalue weighted by atomic mass is 35.5. The molecule has 1 amide bonds. The Morgan fingerprint density at radius 3 is 2.56 bits per heavy atom. The van der Waals surface area contributed by atoms with E-state index in [1.807, 2.05) is 40.7 Å². The molecule has 4 aromatic rings. The zero-order valence-corrected chi connectivity index (χ0v) is 27.0. The molecule has 0 saturated carbocycles. The summed E-state index contributed by atoms with van der Waals surface area (Å²) in [4.78, 5) is 19.4. The molecule has 43 heavy (non-hydrogen) atoms. The number of benzene rings is 3. The van der Waals surface area contributed by atoms with Crippen LogP contribution in [0.3, 0.4) is 0 Å². The average molecular weight is 674 g/mol. The molecular formula is C31H28Cl4N6OS. The Morgan fingerprint density at radius 1 is 1.09 bits per heavy atom. The van der Waals surface area contributed by atoms with Crippen LogP contribution in [0.5, 0.6) is 0 Å². The van der Waals surface area contributed by atoms with Crippen molar-refractivity contribution >= 4 is 75.3 Å². The van der Waals surface area contributed by atoms with Crippen molar-refractivity contribution in [3.05, 3.63) is 116 Å². The molecule has 222 valence electrons. The summed E-state index contributed by atoms with van der Waals surface area (Å²) in [6, 6.07) is 19.8. The molecule has 0 spiro atoms. The first kappa shape index (κ1) is 32.6. The van der Waals surface area contributed by atoms with E-state index in [1.54, 1.807) is 48.9 Å². The van der Waals surface area contributed by atoms with Gasteiger partial charge in [0.2, 0.25) is 5.91 Å². The molecule has 0 aliphatic rings. The minimum Gasteiger partial charge on any atom is -0.351 e. The number of anilines is 1. The Bertz CT molecular complexity index is 1640. The molecule has 1 atom stereocenters. The lowest BCUT2D eigenvalue weighted by Gasteiger charge is -2.31. The number of aromatic nitrogens is 2. The SMILES string of the molecule is CC[C@@H](CN(Cc1cccc(Cl)c1Cl)C(=S)Nc1ccc(Cl)cc1Cl)NC(=O)Cc1cncn1Cc1ccc(C#N)cc1. The van der Waals surface area contributed by atoms with Gasteiger partial charge < -0.3 is 20.1 Å². The molecule has 2 N–H and O–H groups in total. The Kier molecular flexibility index (Phi) is 11.7. The van der Waals surface area contributed by atoms with E-state index in [9.17, 15) is 4.79 Å². The molecule has 7 nitrogen and oxygen atoms in total. The van der Waals surface area contributed by atoms with Crippen molar-refractivity contribution in [2.24, 2.45) is 0 Å². The minimum absolute atomic E-state index is 0.145. The van der Waals surface area contributed by atoms with E-state index in [2.05, 4.69) is 21.7 Å². The van der Waals surface area contributed by atoms with Crippen molar-refractivity contribution < 1.29 is 4.79 Å². The van der Waals surface area contributed by atoms with Gasteiger partial charge in [0.25, 0.3) is 0 Å². The Hall–Kier alpha value is -3.32. The van der Waals surface area contributed by atoms with Gasteiger partial charge in [0.1, 0.15) is 0 Å². The van der Waals surface area contributed by atoms with Crippen LogP contribution in [0.2, 0.25) is 20.1 Å². The van der Waals surface area contributed by atoms with Crippen molar-refractivity contribution in [1.82, 2.24) is 19.8 Å². The minimum atomic E-state index is -0.235. The summed E-state index contributed by atoms with van der Waals surface area (Å²) in [6.07, 6.45) is 4.18. The van der Waals surface area contributed by atoms with Crippen LogP contribution in [0.1, 0.15) is 35.7 Å². The van der Waals surface area contributed by atoms with Crippen LogP contribution < -0.4 is 10.6 Å². The number of carbonyl (C=O) groups excluding carboxylic acids is 1. The molecule has 12 heteroatoms. The third kappa shape index (κ3) is 9.09. The van der Waals surface area contributed by atoms with Crippen molar-refractivity contribution in [2.75, 3.05) is 11.9 Å². The highest BCUT2D eigenvalue weighted by molar-refractivity contribution is 7.80. The molecule has 0 fully saturated rings. The first-order valence-corrected chi connectivity index (χ1v) is 15.3. The Labute approximate surface area is 276 Å². The zero-order valence-electron chi connectivity index (χ0n) is 23.2. The number of halogens is 4. The van der Waals surface area contributed by atoms with Crippen molar-refractivity contribution in [1.29, 1.82) is 5.26 Å². The third-order valence-electron chi connectivity index (χ3n) is 6.73. The second-order valence-electron chi connectivity index (χ2n) is 9.82. The molecule has 0 radical (unpaired) electrons. The first-order chi connectivity index (χ1) is 20.7. The van der Waals surface area contributed by atoms with E-state index in [-0.39, 0.29) is 18.4 Å². The lowest BCUT2D eigenvalue weighted by atomic mass is 10.1. The molecule has 0 saturated heterocycles. The summed E-state index contributed by atoms with van der Waals surface area (Å²) in [5, 5.41) is 17.6. The van der Waals surface area contributed by atoms with E-state index >= 15 is 0 Å². The van der Waals surface area contributed by atoms with Crippen LogP contribution in [-0.2, 0) is 24.3 Å². The molecule has 0 unspecified atom stereocenters. The van der Waals surface area contributed by atoms with Gasteiger partial charge in [0, 0.05) is 42.6 Å². The number of nitrogens with zero attached hydrogens (tertiary/aromatic N) is 4. The number of hydrogen-bond acceptors (Lipinski definition) is 4. The number of hydrogen-bond donors (Lipinski definition) is 2. The maximum atomic E-state index is 13.2. The van der Waals surface area contributed by atoms with Crippen LogP contribution >= 0.6 is 58.6 Å². The van der Waals surface area contributed by atoms with Gasteiger partial charge in [-0.1, -0.05) is 77.6 Å². The maximum absolute atomic E-state index is 13.2. The van der Waals surface area contributed by atoms with E-state index in [1.165, 1.54) is 0 Å². The quantitative estimate of drug-likeness (QED) is 0.158. The maximum Gasteiger partial charge on any atom is 0.226 e. The van der Waals surface area contributed by atoms with Crippen LogP contribution in [0, 0.1) is 11.3 Å². The van der Waals surface area contributed by atoms with Crippen molar-refractivity contribution in [3.8, 4) is 6.07 Å². The van der Waals surface area contributed by atoms with Gasteiger partial charge in [0.15, 0.2) is 5.11 Å². The molecular weight excluding hydrogens is 646 g/mol. The normalized spacial score (nSPS) is 11.4. The molecule has 1 heterocycles. The van der Waals surface area contributed by atoms with Crippen LogP contribution in [0.4, 0.5) is 5.69 Å². The van der Waals surface area contributed by atoms with Crippen LogP contribution in [0.25, 0.3) is 0 Å². The number of amides is 1. The van der Waals surface area contributed by atoms with Gasteiger partial charge in [-0.2, -0.15) is 5.26 Å². The number of nitrogens with one attached hydrogen (secondary N) is 2. The highest BCUT2D eigenvalue weighted by Gasteiger charge is 2.21. The van der Waals surface area contributed by atoms with Gasteiger partial charge in [-0.05, 0) is 66.2 Å². The van der Waals surface area contributed by atoms with Gasteiger partial charge in [-0.3, -0.25) is 4.79 Å². The first-order valence-electron chi connectivity index (χ1n) is 13.4. The smallest absolute Gasteiger partial charge is 0.226 e. The summed E-state index contributed by atoms with van der Waals surface area (Å²) >= 11 is 31.1. The van der Waals surface area contributed by atoms with E-state index < -0.39 is 0 Å². The fraction of sp³-hybridized carbons (Fsp3) is 0.226. The third-order valence-corrected chi connectivity index (χ3v) is 8.49. The lowest BCUT2D eigenvalue weighted by molar-refractivity contribution is -0.121. The second kappa shape index (κ2) is 15.4. The molecule has 0 aliphatic heterocycles. The summed E-state index contributed by atoms with van der Waals surface area (Å²) in [7, 11) is 0. The van der Waals surface area contributed by atoms with Crippen LogP contribution in [0.15, 0.2) is 73.2 Å². The van der Waals surface area contributed by atoms with E-state index in [0.29, 0.717) is 62.5 Å². The van der Waals surface area contributed by atoms with E-state index in [0.717, 1.165) is 16.8 Å². The molecule has 0 aliphatic carbocycles. The number of imidazole rings is 1. The molecule has 3 aromatic carbocycles. The Morgan fingerprint density at radius 2 is 1.86 bits per heavy atom. The predicted molar refractivity (Wildman–Crippen MR) is 178 cm³/mol. The van der Waals surface area contributed by atoms with Crippen LogP contribution in [-0.4, -0.2) is 38.1 Å². The average Bonchev–Trinajstić information content (AvgIpc) is 3.42. The predicted octanol–water partition coefficient (Wildman–Crippen LogP) is 7.75. The zero-order chi connectivity index (χ0) is 30.9. The van der Waals surface area contributed by atoms with Gasteiger partial charge in [0.05, 0.1) is 45.1 Å². The fourth-order valence-electron chi connectivity index (χ4n) is 4.39. The number of carbonyl (C=O) groups is 1. The standard InChI is InChI=1S/C31H28Cl4N6OS/c1-2-24(38-29(42)13-25-15-37-19-41(25)16-21-8-6-20(14-36)7-9-21)18-40(17-22-4-3-5-26(33)30(22)35)31(43)39-28-11-10-23(32)12-27(28)34/h3-12,15,19,24H,2,13,16-18H2,1H3,(H,38,42)(H,39,43)/t24-/m0/s1. The molecule has 1 aromatic heterocycles. The number of nitriles is 1. The summed E-state index contributed by atoms with van der Waals surface area (Å²) in [5.74, 6) is -0.145. The number of rotatable bonds is 11.